The summed E-state index contributed by atoms with van der Waals surface area (Å²) in [5, 5.41) is 12.1. The first kappa shape index (κ1) is 24.2. The molecular formula is C29H36N2O3S. The molecule has 2 atom stereocenters. The maximum Gasteiger partial charge on any atom is 0.310 e. The molecule has 186 valence electrons. The zero-order valence-electron chi connectivity index (χ0n) is 20.8. The number of thiophene rings is 1. The summed E-state index contributed by atoms with van der Waals surface area (Å²) < 4.78 is 2.44. The van der Waals surface area contributed by atoms with Crippen molar-refractivity contribution in [2.75, 3.05) is 0 Å². The van der Waals surface area contributed by atoms with Crippen LogP contribution < -0.4 is 0 Å². The third kappa shape index (κ3) is 4.82. The van der Waals surface area contributed by atoms with Gasteiger partial charge in [0.1, 0.15) is 5.82 Å². The number of carboxylic acids is 1. The Labute approximate surface area is 211 Å². The number of hydrogen-bond acceptors (Lipinski definition) is 4. The highest BCUT2D eigenvalue weighted by atomic mass is 32.1. The summed E-state index contributed by atoms with van der Waals surface area (Å²) in [6, 6.07) is 10.5. The molecule has 0 saturated heterocycles. The molecule has 1 N–H and O–H groups in total. The predicted molar refractivity (Wildman–Crippen MR) is 140 cm³/mol. The second-order valence-corrected chi connectivity index (χ2v) is 12.1. The highest BCUT2D eigenvalue weighted by Gasteiger charge is 2.43. The van der Waals surface area contributed by atoms with Crippen LogP contribution in [0.15, 0.2) is 35.7 Å². The van der Waals surface area contributed by atoms with Gasteiger partial charge in [-0.2, -0.15) is 0 Å². The van der Waals surface area contributed by atoms with Crippen LogP contribution >= 0.6 is 11.3 Å². The van der Waals surface area contributed by atoms with Gasteiger partial charge in [0.05, 0.1) is 16.4 Å². The first-order valence-corrected chi connectivity index (χ1v) is 14.0. The lowest BCUT2D eigenvalue weighted by Gasteiger charge is -2.35. The Morgan fingerprint density at radius 3 is 2.57 bits per heavy atom. The Morgan fingerprint density at radius 1 is 1.11 bits per heavy atom. The average molecular weight is 493 g/mol. The third-order valence-corrected chi connectivity index (χ3v) is 9.46. The summed E-state index contributed by atoms with van der Waals surface area (Å²) in [5.41, 5.74) is 1.59. The second-order valence-electron chi connectivity index (χ2n) is 11.1. The molecule has 0 bridgehead atoms. The quantitative estimate of drug-likeness (QED) is 0.351. The molecule has 2 aliphatic carbocycles. The number of imidazole rings is 1. The maximum atomic E-state index is 13.4. The Morgan fingerprint density at radius 2 is 1.89 bits per heavy atom. The predicted octanol–water partition coefficient (Wildman–Crippen LogP) is 7.29. The van der Waals surface area contributed by atoms with Gasteiger partial charge in [-0.1, -0.05) is 32.8 Å². The molecule has 1 aromatic carbocycles. The van der Waals surface area contributed by atoms with Gasteiger partial charge in [-0.3, -0.25) is 9.59 Å². The molecule has 0 aliphatic heterocycles. The van der Waals surface area contributed by atoms with Gasteiger partial charge >= 0.3 is 5.97 Å². The zero-order valence-corrected chi connectivity index (χ0v) is 21.7. The van der Waals surface area contributed by atoms with Crippen LogP contribution in [-0.4, -0.2) is 26.4 Å². The summed E-state index contributed by atoms with van der Waals surface area (Å²) in [5.74, 6) is 1.28. The van der Waals surface area contributed by atoms with Gasteiger partial charge in [0.15, 0.2) is 5.78 Å². The number of carbonyl (C=O) groups excluding carboxylic acids is 1. The molecule has 0 unspecified atom stereocenters. The molecule has 0 radical (unpaired) electrons. The van der Waals surface area contributed by atoms with Gasteiger partial charge in [0.2, 0.25) is 0 Å². The van der Waals surface area contributed by atoms with Gasteiger partial charge in [-0.25, -0.2) is 4.98 Å². The van der Waals surface area contributed by atoms with Crippen molar-refractivity contribution in [3.63, 3.8) is 0 Å². The van der Waals surface area contributed by atoms with Crippen molar-refractivity contribution < 1.29 is 14.7 Å². The van der Waals surface area contributed by atoms with Gasteiger partial charge < -0.3 is 9.67 Å². The van der Waals surface area contributed by atoms with Crippen molar-refractivity contribution in [2.24, 2.45) is 17.3 Å². The molecule has 3 aromatic rings. The Balaban J connectivity index is 1.48. The highest BCUT2D eigenvalue weighted by molar-refractivity contribution is 7.09. The third-order valence-electron chi connectivity index (χ3n) is 8.58. The summed E-state index contributed by atoms with van der Waals surface area (Å²) in [6.45, 7) is 4.51. The van der Waals surface area contributed by atoms with E-state index in [9.17, 15) is 14.7 Å². The van der Waals surface area contributed by atoms with Crippen molar-refractivity contribution >= 4 is 34.1 Å². The molecule has 2 heterocycles. The fourth-order valence-electron chi connectivity index (χ4n) is 6.26. The Hall–Kier alpha value is -2.47. The first-order valence-electron chi connectivity index (χ1n) is 13.2. The number of ketones is 1. The van der Waals surface area contributed by atoms with Crippen LogP contribution in [-0.2, 0) is 11.2 Å². The number of rotatable bonds is 7. The lowest BCUT2D eigenvalue weighted by atomic mass is 9.68. The van der Waals surface area contributed by atoms with Crippen LogP contribution in [0.5, 0.6) is 0 Å². The van der Waals surface area contributed by atoms with E-state index in [-0.39, 0.29) is 12.2 Å². The van der Waals surface area contributed by atoms with E-state index in [0.717, 1.165) is 42.5 Å². The van der Waals surface area contributed by atoms with Crippen LogP contribution in [0.25, 0.3) is 11.0 Å². The van der Waals surface area contributed by atoms with E-state index in [1.165, 1.54) is 24.1 Å². The van der Waals surface area contributed by atoms with Gasteiger partial charge in [-0.15, -0.1) is 11.3 Å². The monoisotopic (exact) mass is 492 g/mol. The molecule has 5 rings (SSSR count). The molecule has 35 heavy (non-hydrogen) atoms. The minimum Gasteiger partial charge on any atom is -0.481 e. The van der Waals surface area contributed by atoms with Crippen LogP contribution in [0, 0.1) is 17.3 Å². The zero-order chi connectivity index (χ0) is 24.6. The second kappa shape index (κ2) is 9.88. The van der Waals surface area contributed by atoms with Crippen molar-refractivity contribution in [3.8, 4) is 0 Å². The summed E-state index contributed by atoms with van der Waals surface area (Å²) in [7, 11) is 0. The van der Waals surface area contributed by atoms with E-state index in [1.807, 2.05) is 18.2 Å². The van der Waals surface area contributed by atoms with E-state index < -0.39 is 11.4 Å². The molecule has 2 aliphatic rings. The van der Waals surface area contributed by atoms with Gasteiger partial charge in [0.25, 0.3) is 0 Å². The number of Topliss-reactive ketones (excluding diaryl/α,β-unsaturated/α-hetero) is 1. The minimum absolute atomic E-state index is 0.0724. The first-order chi connectivity index (χ1) is 16.9. The molecule has 5 nitrogen and oxygen atoms in total. The summed E-state index contributed by atoms with van der Waals surface area (Å²) in [6.07, 6.45) is 8.67. The van der Waals surface area contributed by atoms with E-state index in [1.54, 1.807) is 11.3 Å². The van der Waals surface area contributed by atoms with Crippen LogP contribution in [0.2, 0.25) is 0 Å². The van der Waals surface area contributed by atoms with Crippen LogP contribution in [0.3, 0.4) is 0 Å². The lowest BCUT2D eigenvalue weighted by molar-refractivity contribution is -0.151. The number of carbonyl (C=O) groups is 2. The Bertz CT molecular complexity index is 1200. The molecule has 0 amide bonds. The van der Waals surface area contributed by atoms with E-state index in [2.05, 4.69) is 35.9 Å². The van der Waals surface area contributed by atoms with Gasteiger partial charge in [0, 0.05) is 29.3 Å². The SMILES string of the molecule is CC1CCC(CC(=O)c2ccc3c(c2)nc(Cc2cccs2)n3[C@@H]2CCCC[C@H]2C)(C(=O)O)CC1. The number of aliphatic carboxylic acids is 1. The lowest BCUT2D eigenvalue weighted by Crippen LogP contribution is -2.37. The maximum absolute atomic E-state index is 13.4. The molecule has 2 fully saturated rings. The highest BCUT2D eigenvalue weighted by Crippen LogP contribution is 2.43. The van der Waals surface area contributed by atoms with Crippen molar-refractivity contribution in [2.45, 2.75) is 84.1 Å². The fourth-order valence-corrected chi connectivity index (χ4v) is 6.96. The summed E-state index contributed by atoms with van der Waals surface area (Å²) in [4.78, 5) is 31.9. The molecule has 6 heteroatoms. The number of hydrogen-bond donors (Lipinski definition) is 1. The fraction of sp³-hybridized carbons (Fsp3) is 0.552. The molecule has 2 saturated carbocycles. The Kier molecular flexibility index (Phi) is 6.84. The number of carboxylic acid groups (broad SMARTS) is 1. The largest absolute Gasteiger partial charge is 0.481 e. The standard InChI is InChI=1S/C29H36N2O3S/c1-19-11-13-29(14-12-19,28(33)34)18-26(32)21-9-10-25-23(16-21)30-27(17-22-7-5-15-35-22)31(25)24-8-4-3-6-20(24)2/h5,7,9-10,15-16,19-20,24H,3-4,6,8,11-14,17-18H2,1-2H3,(H,33,34)/t19?,20-,24-,29?/m1/s1. The minimum atomic E-state index is -0.931. The van der Waals surface area contributed by atoms with Gasteiger partial charge in [-0.05, 0) is 80.0 Å². The number of benzene rings is 1. The van der Waals surface area contributed by atoms with Crippen molar-refractivity contribution in [3.05, 3.63) is 52.0 Å². The molecule has 2 aromatic heterocycles. The summed E-state index contributed by atoms with van der Waals surface area (Å²) >= 11 is 1.75. The van der Waals surface area contributed by atoms with Crippen molar-refractivity contribution in [1.29, 1.82) is 0 Å². The van der Waals surface area contributed by atoms with E-state index in [0.29, 0.717) is 36.3 Å². The molecular weight excluding hydrogens is 456 g/mol. The van der Waals surface area contributed by atoms with E-state index >= 15 is 0 Å². The number of nitrogens with zero attached hydrogens (tertiary/aromatic N) is 2. The number of fused-ring (bicyclic) bond motifs is 1. The normalized spacial score (nSPS) is 27.2. The smallest absolute Gasteiger partial charge is 0.310 e. The van der Waals surface area contributed by atoms with Crippen molar-refractivity contribution in [1.82, 2.24) is 9.55 Å². The molecule has 0 spiro atoms. The number of aromatic nitrogens is 2. The van der Waals surface area contributed by atoms with Crippen LogP contribution in [0.1, 0.15) is 98.7 Å². The van der Waals surface area contributed by atoms with E-state index in [4.69, 9.17) is 4.98 Å². The van der Waals surface area contributed by atoms with Crippen LogP contribution in [0.4, 0.5) is 0 Å². The topological polar surface area (TPSA) is 72.2 Å². The average Bonchev–Trinajstić information content (AvgIpc) is 3.48.